The van der Waals surface area contributed by atoms with E-state index in [4.69, 9.17) is 0 Å². The number of benzene rings is 1. The summed E-state index contributed by atoms with van der Waals surface area (Å²) in [5.41, 5.74) is 0. The fourth-order valence-electron chi connectivity index (χ4n) is 0.342. The van der Waals surface area contributed by atoms with Crippen LogP contribution < -0.4 is 29.6 Å². The van der Waals surface area contributed by atoms with E-state index in [0.29, 0.717) is 0 Å². The number of rotatable bonds is 0. The van der Waals surface area contributed by atoms with E-state index < -0.39 is 0 Å². The van der Waals surface area contributed by atoms with Gasteiger partial charge in [0.15, 0.2) is 0 Å². The Hall–Kier alpha value is 0.180. The molecule has 0 spiro atoms. The molecular formula is C6H6NaO-. The number of hydrogen-bond acceptors (Lipinski definition) is 1. The van der Waals surface area contributed by atoms with E-state index in [-0.39, 0.29) is 35.0 Å². The number of hydrogen-bond donors (Lipinski definition) is 0. The normalized spacial score (nSPS) is 6.00. The molecule has 2 heteroatoms. The molecule has 1 aromatic rings. The molecule has 0 aliphatic rings. The first-order valence-corrected chi connectivity index (χ1v) is 1.91. The van der Waals surface area contributed by atoms with Crippen LogP contribution in [-0.4, -0.2) is 5.48 Å². The minimum absolute atomic E-state index is 0. The van der Waals surface area contributed by atoms with Crippen molar-refractivity contribution in [2.24, 2.45) is 0 Å². The van der Waals surface area contributed by atoms with Crippen molar-refractivity contribution in [2.45, 2.75) is 0 Å². The largest absolute Gasteiger partial charge is 1.00 e. The Morgan fingerprint density at radius 1 is 0.875 bits per heavy atom. The van der Waals surface area contributed by atoms with E-state index >= 15 is 0 Å². The van der Waals surface area contributed by atoms with E-state index in [1.54, 1.807) is 0 Å². The standard InChI is InChI=1S/C6H5.Na.H2O/c1-2-4-6-5-3-1;;/h1-5H;;1H2/q-1;+1;/p-1. The van der Waals surface area contributed by atoms with Gasteiger partial charge in [0.25, 0.3) is 0 Å². The van der Waals surface area contributed by atoms with Gasteiger partial charge < -0.3 is 5.48 Å². The molecule has 1 N–H and O–H groups in total. The molecule has 0 saturated carbocycles. The fraction of sp³-hybridized carbons (Fsp3) is 0. The second kappa shape index (κ2) is 7.18. The van der Waals surface area contributed by atoms with Crippen LogP contribution in [0.2, 0.25) is 0 Å². The molecule has 0 aromatic heterocycles. The van der Waals surface area contributed by atoms with Crippen molar-refractivity contribution in [3.63, 3.8) is 0 Å². The fourth-order valence-corrected chi connectivity index (χ4v) is 0.342. The summed E-state index contributed by atoms with van der Waals surface area (Å²) in [6.07, 6.45) is 0. The van der Waals surface area contributed by atoms with Crippen LogP contribution in [0.4, 0.5) is 0 Å². The van der Waals surface area contributed by atoms with Crippen LogP contribution in [0.5, 0.6) is 0 Å². The third kappa shape index (κ3) is 4.34. The first-order valence-electron chi connectivity index (χ1n) is 1.91. The monoisotopic (exact) mass is 117 g/mol. The molecule has 1 rings (SSSR count). The molecule has 0 amide bonds. The minimum Gasteiger partial charge on any atom is -0.870 e. The SMILES string of the molecule is [Na+].[OH-].[c-]1ccccc1. The second-order valence-electron chi connectivity index (χ2n) is 1.08. The third-order valence-corrected chi connectivity index (χ3v) is 0.607. The molecule has 0 aliphatic carbocycles. The summed E-state index contributed by atoms with van der Waals surface area (Å²) in [6, 6.07) is 12.5. The third-order valence-electron chi connectivity index (χ3n) is 0.607. The molecule has 0 unspecified atom stereocenters. The van der Waals surface area contributed by atoms with Gasteiger partial charge in [-0.3, -0.25) is 0 Å². The van der Waals surface area contributed by atoms with Gasteiger partial charge in [-0.25, -0.2) is 0 Å². The summed E-state index contributed by atoms with van der Waals surface area (Å²) in [5.74, 6) is 0. The van der Waals surface area contributed by atoms with Gasteiger partial charge in [0.1, 0.15) is 0 Å². The van der Waals surface area contributed by atoms with Crippen LogP contribution in [0.25, 0.3) is 0 Å². The van der Waals surface area contributed by atoms with E-state index in [2.05, 4.69) is 6.07 Å². The van der Waals surface area contributed by atoms with Crippen molar-refractivity contribution < 1.29 is 35.0 Å². The van der Waals surface area contributed by atoms with Crippen molar-refractivity contribution in [3.8, 4) is 0 Å². The average Bonchev–Trinajstić information content (AvgIpc) is 1.72. The first kappa shape index (κ1) is 11.0. The summed E-state index contributed by atoms with van der Waals surface area (Å²) in [7, 11) is 0. The van der Waals surface area contributed by atoms with Crippen LogP contribution in [-0.2, 0) is 0 Å². The Labute approximate surface area is 71.3 Å². The molecule has 0 saturated heterocycles. The predicted molar refractivity (Wildman–Crippen MR) is 27.2 cm³/mol. The van der Waals surface area contributed by atoms with Gasteiger partial charge in [0.05, 0.1) is 0 Å². The Bertz CT molecular complexity index is 80.5. The Morgan fingerprint density at radius 2 is 1.38 bits per heavy atom. The van der Waals surface area contributed by atoms with Crippen LogP contribution in [0.1, 0.15) is 0 Å². The first-order chi connectivity index (χ1) is 3.00. The average molecular weight is 117 g/mol. The van der Waals surface area contributed by atoms with Crippen LogP contribution in [0, 0.1) is 6.07 Å². The molecule has 38 valence electrons. The van der Waals surface area contributed by atoms with Gasteiger partial charge >= 0.3 is 29.6 Å². The zero-order valence-corrected chi connectivity index (χ0v) is 6.83. The molecule has 0 fully saturated rings. The molecule has 0 radical (unpaired) electrons. The maximum absolute atomic E-state index is 2.89. The Balaban J connectivity index is 0. The minimum atomic E-state index is 0. The summed E-state index contributed by atoms with van der Waals surface area (Å²) < 4.78 is 0. The van der Waals surface area contributed by atoms with Crippen molar-refractivity contribution in [1.82, 2.24) is 0 Å². The zero-order chi connectivity index (χ0) is 4.24. The molecule has 0 heterocycles. The molecule has 0 bridgehead atoms. The quantitative estimate of drug-likeness (QED) is 0.294. The summed E-state index contributed by atoms with van der Waals surface area (Å²) in [6.45, 7) is 0. The van der Waals surface area contributed by atoms with Gasteiger partial charge in [-0.05, 0) is 0 Å². The van der Waals surface area contributed by atoms with Gasteiger partial charge in [0, 0.05) is 0 Å². The summed E-state index contributed by atoms with van der Waals surface area (Å²) in [4.78, 5) is 0. The summed E-state index contributed by atoms with van der Waals surface area (Å²) >= 11 is 0. The molecule has 8 heavy (non-hydrogen) atoms. The molecular weight excluding hydrogens is 111 g/mol. The van der Waals surface area contributed by atoms with Crippen LogP contribution in [0.15, 0.2) is 30.3 Å². The molecule has 1 nitrogen and oxygen atoms in total. The molecule has 1 aromatic carbocycles. The van der Waals surface area contributed by atoms with Gasteiger partial charge in [-0.2, -0.15) is 36.4 Å². The van der Waals surface area contributed by atoms with E-state index in [9.17, 15) is 0 Å². The smallest absolute Gasteiger partial charge is 0.870 e. The van der Waals surface area contributed by atoms with Crippen molar-refractivity contribution in [1.29, 1.82) is 0 Å². The topological polar surface area (TPSA) is 30.0 Å². The Morgan fingerprint density at radius 3 is 1.50 bits per heavy atom. The van der Waals surface area contributed by atoms with E-state index in [1.165, 1.54) is 0 Å². The van der Waals surface area contributed by atoms with Gasteiger partial charge in [-0.1, -0.05) is 0 Å². The van der Waals surface area contributed by atoms with Crippen LogP contribution in [0.3, 0.4) is 0 Å². The van der Waals surface area contributed by atoms with E-state index in [0.717, 1.165) is 0 Å². The maximum atomic E-state index is 2.89. The molecule has 0 atom stereocenters. The maximum Gasteiger partial charge on any atom is 1.00 e. The second-order valence-corrected chi connectivity index (χ2v) is 1.08. The molecule has 0 aliphatic heterocycles. The van der Waals surface area contributed by atoms with Gasteiger partial charge in [-0.15, -0.1) is 0 Å². The zero-order valence-electron chi connectivity index (χ0n) is 4.83. The predicted octanol–water partition coefficient (Wildman–Crippen LogP) is -1.69. The van der Waals surface area contributed by atoms with Gasteiger partial charge in [0.2, 0.25) is 0 Å². The van der Waals surface area contributed by atoms with Crippen molar-refractivity contribution in [3.05, 3.63) is 36.4 Å². The van der Waals surface area contributed by atoms with Crippen molar-refractivity contribution in [2.75, 3.05) is 0 Å². The summed E-state index contributed by atoms with van der Waals surface area (Å²) in [5, 5.41) is 0. The van der Waals surface area contributed by atoms with Crippen molar-refractivity contribution >= 4 is 0 Å². The van der Waals surface area contributed by atoms with E-state index in [1.807, 2.05) is 30.3 Å². The van der Waals surface area contributed by atoms with Crippen LogP contribution >= 0.6 is 0 Å². The Kier molecular flexibility index (Phi) is 9.91.